The van der Waals surface area contributed by atoms with E-state index in [1.165, 1.54) is 7.11 Å². The molecule has 8 heteroatoms. The SMILES string of the molecule is COc1cc2nn(C3CCC(NC(=O)OC(C)(C)C)CC3)cc2cc1C(=O)O. The van der Waals surface area contributed by atoms with Crippen molar-refractivity contribution in [1.29, 1.82) is 0 Å². The smallest absolute Gasteiger partial charge is 0.407 e. The standard InChI is InChI=1S/C20H27N3O5/c1-20(2,3)28-19(26)21-13-5-7-14(8-6-13)23-11-12-9-15(18(24)25)17(27-4)10-16(12)22-23/h9-11,13-14H,5-8H2,1-4H3,(H,21,26)(H,24,25). The number of carboxylic acid groups (broad SMARTS) is 1. The second-order valence-electron chi connectivity index (χ2n) is 8.18. The van der Waals surface area contributed by atoms with Crippen LogP contribution >= 0.6 is 0 Å². The molecule has 0 unspecified atom stereocenters. The number of carboxylic acids is 1. The Hall–Kier alpha value is -2.77. The third kappa shape index (κ3) is 4.55. The Balaban J connectivity index is 1.66. The van der Waals surface area contributed by atoms with Crippen molar-refractivity contribution in [3.63, 3.8) is 0 Å². The van der Waals surface area contributed by atoms with Crippen molar-refractivity contribution >= 4 is 23.0 Å². The molecule has 2 N–H and O–H groups in total. The average molecular weight is 389 g/mol. The number of fused-ring (bicyclic) bond motifs is 1. The van der Waals surface area contributed by atoms with Crippen molar-refractivity contribution in [1.82, 2.24) is 15.1 Å². The van der Waals surface area contributed by atoms with Gasteiger partial charge in [0.05, 0.1) is 18.7 Å². The second kappa shape index (κ2) is 7.69. The number of nitrogens with zero attached hydrogens (tertiary/aromatic N) is 2. The third-order valence-electron chi connectivity index (χ3n) is 4.87. The summed E-state index contributed by atoms with van der Waals surface area (Å²) in [6.45, 7) is 5.53. The van der Waals surface area contributed by atoms with Crippen LogP contribution < -0.4 is 10.1 Å². The number of alkyl carbamates (subject to hydrolysis) is 1. The van der Waals surface area contributed by atoms with Crippen LogP contribution in [0.4, 0.5) is 4.79 Å². The van der Waals surface area contributed by atoms with Crippen molar-refractivity contribution in [2.24, 2.45) is 0 Å². The van der Waals surface area contributed by atoms with Gasteiger partial charge in [-0.25, -0.2) is 9.59 Å². The zero-order valence-corrected chi connectivity index (χ0v) is 16.7. The first kappa shape index (κ1) is 20.0. The summed E-state index contributed by atoms with van der Waals surface area (Å²) >= 11 is 0. The van der Waals surface area contributed by atoms with Gasteiger partial charge in [-0.05, 0) is 52.5 Å². The molecule has 1 saturated carbocycles. The van der Waals surface area contributed by atoms with Crippen LogP contribution in [0, 0.1) is 0 Å². The summed E-state index contributed by atoms with van der Waals surface area (Å²) in [5.74, 6) is -0.726. The average Bonchev–Trinajstić information content (AvgIpc) is 3.02. The van der Waals surface area contributed by atoms with Crippen molar-refractivity contribution in [2.75, 3.05) is 7.11 Å². The Morgan fingerprint density at radius 2 is 1.89 bits per heavy atom. The lowest BCUT2D eigenvalue weighted by atomic mass is 9.91. The number of aromatic nitrogens is 2. The molecule has 0 aliphatic heterocycles. The van der Waals surface area contributed by atoms with Gasteiger partial charge in [0.1, 0.15) is 16.9 Å². The molecule has 0 radical (unpaired) electrons. The molecule has 1 heterocycles. The van der Waals surface area contributed by atoms with Crippen LogP contribution in [0.1, 0.15) is 62.9 Å². The molecule has 3 rings (SSSR count). The highest BCUT2D eigenvalue weighted by molar-refractivity contribution is 5.96. The van der Waals surface area contributed by atoms with E-state index in [2.05, 4.69) is 10.4 Å². The van der Waals surface area contributed by atoms with E-state index in [4.69, 9.17) is 9.47 Å². The highest BCUT2D eigenvalue weighted by Crippen LogP contribution is 2.31. The molecule has 1 aromatic heterocycles. The fourth-order valence-corrected chi connectivity index (χ4v) is 3.55. The Bertz CT molecular complexity index is 876. The van der Waals surface area contributed by atoms with Gasteiger partial charge in [0.25, 0.3) is 0 Å². The molecule has 0 spiro atoms. The zero-order chi connectivity index (χ0) is 20.5. The number of methoxy groups -OCH3 is 1. The van der Waals surface area contributed by atoms with Gasteiger partial charge in [-0.1, -0.05) is 0 Å². The molecule has 1 aromatic carbocycles. The van der Waals surface area contributed by atoms with Gasteiger partial charge in [-0.2, -0.15) is 5.10 Å². The molecule has 2 aromatic rings. The van der Waals surface area contributed by atoms with Gasteiger partial charge in [0.2, 0.25) is 0 Å². The first-order valence-electron chi connectivity index (χ1n) is 9.46. The van der Waals surface area contributed by atoms with Gasteiger partial charge in [0.15, 0.2) is 0 Å². The van der Waals surface area contributed by atoms with Crippen molar-refractivity contribution in [3.05, 3.63) is 23.9 Å². The fraction of sp³-hybridized carbons (Fsp3) is 0.550. The van der Waals surface area contributed by atoms with Crippen molar-refractivity contribution in [3.8, 4) is 5.75 Å². The van der Waals surface area contributed by atoms with Crippen LogP contribution in [0.15, 0.2) is 18.3 Å². The van der Waals surface area contributed by atoms with Gasteiger partial charge in [-0.15, -0.1) is 0 Å². The molecule has 0 bridgehead atoms. The predicted octanol–water partition coefficient (Wildman–Crippen LogP) is 3.75. The Kier molecular flexibility index (Phi) is 5.49. The lowest BCUT2D eigenvalue weighted by Crippen LogP contribution is -2.41. The van der Waals surface area contributed by atoms with Crippen LogP contribution in [0.3, 0.4) is 0 Å². The summed E-state index contributed by atoms with van der Waals surface area (Å²) in [4.78, 5) is 23.3. The van der Waals surface area contributed by atoms with Gasteiger partial charge >= 0.3 is 12.1 Å². The predicted molar refractivity (Wildman–Crippen MR) is 104 cm³/mol. The Morgan fingerprint density at radius 3 is 2.46 bits per heavy atom. The molecule has 0 atom stereocenters. The van der Waals surface area contributed by atoms with Gasteiger partial charge < -0.3 is 19.9 Å². The summed E-state index contributed by atoms with van der Waals surface area (Å²) < 4.78 is 12.4. The third-order valence-corrected chi connectivity index (χ3v) is 4.87. The number of aromatic carboxylic acids is 1. The number of hydrogen-bond donors (Lipinski definition) is 2. The molecule has 1 amide bonds. The lowest BCUT2D eigenvalue weighted by molar-refractivity contribution is 0.0487. The number of amides is 1. The largest absolute Gasteiger partial charge is 0.496 e. The Labute approximate surface area is 163 Å². The topological polar surface area (TPSA) is 103 Å². The molecular formula is C20H27N3O5. The van der Waals surface area contributed by atoms with Crippen LogP contribution in [-0.2, 0) is 4.74 Å². The maximum atomic E-state index is 11.9. The minimum Gasteiger partial charge on any atom is -0.496 e. The number of rotatable bonds is 4. The molecule has 0 saturated heterocycles. The minimum atomic E-state index is -1.03. The van der Waals surface area contributed by atoms with Gasteiger partial charge in [-0.3, -0.25) is 4.68 Å². The maximum absolute atomic E-state index is 11.9. The van der Waals surface area contributed by atoms with Crippen LogP contribution in [0.5, 0.6) is 5.75 Å². The quantitative estimate of drug-likeness (QED) is 0.825. The summed E-state index contributed by atoms with van der Waals surface area (Å²) in [5, 5.41) is 17.7. The molecular weight excluding hydrogens is 362 g/mol. The number of benzene rings is 1. The summed E-state index contributed by atoms with van der Waals surface area (Å²) in [6.07, 6.45) is 4.92. The maximum Gasteiger partial charge on any atom is 0.407 e. The number of carbonyl (C=O) groups is 2. The second-order valence-corrected chi connectivity index (χ2v) is 8.18. The summed E-state index contributed by atoms with van der Waals surface area (Å²) in [7, 11) is 1.45. The van der Waals surface area contributed by atoms with E-state index in [0.717, 1.165) is 31.1 Å². The van der Waals surface area contributed by atoms with E-state index >= 15 is 0 Å². The van der Waals surface area contributed by atoms with Crippen molar-refractivity contribution in [2.45, 2.75) is 64.1 Å². The minimum absolute atomic E-state index is 0.0924. The first-order valence-corrected chi connectivity index (χ1v) is 9.46. The number of nitrogens with one attached hydrogen (secondary N) is 1. The van der Waals surface area contributed by atoms with E-state index in [0.29, 0.717) is 11.3 Å². The molecule has 1 aliphatic rings. The number of carbonyl (C=O) groups excluding carboxylic acids is 1. The number of hydrogen-bond acceptors (Lipinski definition) is 5. The lowest BCUT2D eigenvalue weighted by Gasteiger charge is -2.30. The van der Waals surface area contributed by atoms with E-state index in [1.54, 1.807) is 12.1 Å². The van der Waals surface area contributed by atoms with Gasteiger partial charge in [0, 0.05) is 23.7 Å². The first-order chi connectivity index (χ1) is 13.2. The zero-order valence-electron chi connectivity index (χ0n) is 16.7. The van der Waals surface area contributed by atoms with Crippen LogP contribution in [0.2, 0.25) is 0 Å². The molecule has 1 fully saturated rings. The fourth-order valence-electron chi connectivity index (χ4n) is 3.55. The summed E-state index contributed by atoms with van der Waals surface area (Å²) in [5.41, 5.74) is 0.322. The highest BCUT2D eigenvalue weighted by atomic mass is 16.6. The molecule has 8 nitrogen and oxygen atoms in total. The van der Waals surface area contributed by atoms with Crippen molar-refractivity contribution < 1.29 is 24.2 Å². The summed E-state index contributed by atoms with van der Waals surface area (Å²) in [6, 6.07) is 3.55. The van der Waals surface area contributed by atoms with Crippen LogP contribution in [-0.4, -0.2) is 45.7 Å². The van der Waals surface area contributed by atoms with E-state index in [1.807, 2.05) is 31.6 Å². The number of ether oxygens (including phenoxy) is 2. The molecule has 28 heavy (non-hydrogen) atoms. The van der Waals surface area contributed by atoms with E-state index in [9.17, 15) is 14.7 Å². The highest BCUT2D eigenvalue weighted by Gasteiger charge is 2.26. The molecule has 1 aliphatic carbocycles. The normalized spacial score (nSPS) is 20.0. The Morgan fingerprint density at radius 1 is 1.21 bits per heavy atom. The van der Waals surface area contributed by atoms with E-state index < -0.39 is 11.6 Å². The van der Waals surface area contributed by atoms with E-state index in [-0.39, 0.29) is 23.7 Å². The molecule has 152 valence electrons. The monoisotopic (exact) mass is 389 g/mol. The van der Waals surface area contributed by atoms with Crippen LogP contribution in [0.25, 0.3) is 10.9 Å².